The van der Waals surface area contributed by atoms with Crippen LogP contribution in [0, 0.1) is 5.92 Å². The molecule has 3 heterocycles. The van der Waals surface area contributed by atoms with Crippen LogP contribution in [0.25, 0.3) is 10.2 Å². The highest BCUT2D eigenvalue weighted by molar-refractivity contribution is 7.18. The highest BCUT2D eigenvalue weighted by Gasteiger charge is 2.26. The van der Waals surface area contributed by atoms with Gasteiger partial charge in [0.25, 0.3) is 5.56 Å². The summed E-state index contributed by atoms with van der Waals surface area (Å²) in [6, 6.07) is 10.8. The van der Waals surface area contributed by atoms with Crippen molar-refractivity contribution in [3.8, 4) is 0 Å². The maximum Gasteiger partial charge on any atom is 0.259 e. The van der Waals surface area contributed by atoms with Gasteiger partial charge in [-0.3, -0.25) is 14.6 Å². The minimum absolute atomic E-state index is 0.0524. The van der Waals surface area contributed by atoms with Gasteiger partial charge in [-0.1, -0.05) is 37.3 Å². The summed E-state index contributed by atoms with van der Waals surface area (Å²) >= 11 is 1.74. The van der Waals surface area contributed by atoms with E-state index in [1.54, 1.807) is 11.3 Å². The normalized spacial score (nSPS) is 21.6. The molecule has 2 aliphatic rings. The Balaban J connectivity index is 1.30. The molecule has 0 bridgehead atoms. The molecule has 5 nitrogen and oxygen atoms in total. The smallest absolute Gasteiger partial charge is 0.259 e. The molecule has 1 saturated heterocycles. The fourth-order valence-electron chi connectivity index (χ4n) is 4.89. The van der Waals surface area contributed by atoms with E-state index in [1.165, 1.54) is 22.4 Å². The number of fused-ring (bicyclic) bond motifs is 3. The standard InChI is InChI=1S/C24H30N4OS/c1-16-8-9-19-20(14-16)30-24-21(19)23(29)25-22(26-24)17(2)28-12-10-27(11-13-28)15-18-6-4-3-5-7-18/h3-7,16-17H,8-15H2,1-2H3,(H,25,26,29)/t16-,17+/m1/s1. The first-order valence-electron chi connectivity index (χ1n) is 11.1. The molecule has 5 rings (SSSR count). The summed E-state index contributed by atoms with van der Waals surface area (Å²) in [6.45, 7) is 9.54. The van der Waals surface area contributed by atoms with E-state index >= 15 is 0 Å². The molecule has 1 aromatic carbocycles. The number of aromatic nitrogens is 2. The van der Waals surface area contributed by atoms with Crippen LogP contribution in [0.15, 0.2) is 35.1 Å². The van der Waals surface area contributed by atoms with Crippen molar-refractivity contribution < 1.29 is 0 Å². The Bertz CT molecular complexity index is 1080. The number of hydrogen-bond acceptors (Lipinski definition) is 5. The van der Waals surface area contributed by atoms with Crippen molar-refractivity contribution in [2.75, 3.05) is 26.2 Å². The number of aryl methyl sites for hydroxylation is 1. The number of H-pyrrole nitrogens is 1. The van der Waals surface area contributed by atoms with Crippen LogP contribution in [0.4, 0.5) is 0 Å². The van der Waals surface area contributed by atoms with Crippen molar-refractivity contribution in [2.45, 2.75) is 45.7 Å². The van der Waals surface area contributed by atoms with Gasteiger partial charge >= 0.3 is 0 Å². The molecule has 1 aliphatic carbocycles. The fourth-order valence-corrected chi connectivity index (χ4v) is 6.28. The SMILES string of the molecule is C[C@@H]1CCc2c(sc3nc([C@H](C)N4CCN(Cc5ccccc5)CC4)[nH]c(=O)c23)C1. The van der Waals surface area contributed by atoms with Crippen molar-refractivity contribution in [2.24, 2.45) is 5.92 Å². The van der Waals surface area contributed by atoms with E-state index < -0.39 is 0 Å². The Kier molecular flexibility index (Phi) is 5.48. The molecule has 30 heavy (non-hydrogen) atoms. The molecule has 3 aromatic rings. The molecule has 6 heteroatoms. The van der Waals surface area contributed by atoms with Crippen molar-refractivity contribution in [3.63, 3.8) is 0 Å². The number of rotatable bonds is 4. The Morgan fingerprint density at radius 2 is 1.97 bits per heavy atom. The summed E-state index contributed by atoms with van der Waals surface area (Å²) in [4.78, 5) is 28.3. The highest BCUT2D eigenvalue weighted by Crippen LogP contribution is 2.36. The van der Waals surface area contributed by atoms with Gasteiger partial charge in [-0.05, 0) is 43.2 Å². The van der Waals surface area contributed by atoms with E-state index in [4.69, 9.17) is 4.98 Å². The topological polar surface area (TPSA) is 52.2 Å². The van der Waals surface area contributed by atoms with Crippen LogP contribution in [-0.4, -0.2) is 45.9 Å². The van der Waals surface area contributed by atoms with Gasteiger partial charge in [-0.25, -0.2) is 4.98 Å². The first-order valence-corrected chi connectivity index (χ1v) is 11.9. The number of piperazine rings is 1. The minimum atomic E-state index is 0.0524. The number of thiophene rings is 1. The van der Waals surface area contributed by atoms with E-state index in [0.717, 1.165) is 61.6 Å². The molecular weight excluding hydrogens is 392 g/mol. The van der Waals surface area contributed by atoms with Crippen LogP contribution >= 0.6 is 11.3 Å². The van der Waals surface area contributed by atoms with Crippen molar-refractivity contribution in [3.05, 3.63) is 62.5 Å². The zero-order chi connectivity index (χ0) is 20.7. The molecule has 1 N–H and O–H groups in total. The maximum atomic E-state index is 12.9. The maximum absolute atomic E-state index is 12.9. The van der Waals surface area contributed by atoms with Crippen molar-refractivity contribution in [1.82, 2.24) is 19.8 Å². The summed E-state index contributed by atoms with van der Waals surface area (Å²) in [5.41, 5.74) is 2.68. The average molecular weight is 423 g/mol. The van der Waals surface area contributed by atoms with Gasteiger partial charge in [0.15, 0.2) is 0 Å². The van der Waals surface area contributed by atoms with Gasteiger partial charge in [0, 0.05) is 37.6 Å². The largest absolute Gasteiger partial charge is 0.309 e. The number of aromatic amines is 1. The van der Waals surface area contributed by atoms with Crippen LogP contribution in [0.1, 0.15) is 48.1 Å². The molecule has 0 unspecified atom stereocenters. The Morgan fingerprint density at radius 1 is 1.20 bits per heavy atom. The van der Waals surface area contributed by atoms with Gasteiger partial charge in [0.05, 0.1) is 11.4 Å². The Morgan fingerprint density at radius 3 is 2.73 bits per heavy atom. The summed E-state index contributed by atoms with van der Waals surface area (Å²) in [5.74, 6) is 1.52. The lowest BCUT2D eigenvalue weighted by molar-refractivity contribution is 0.0948. The number of hydrogen-bond donors (Lipinski definition) is 1. The third-order valence-corrected chi connectivity index (χ3v) is 7.93. The summed E-state index contributed by atoms with van der Waals surface area (Å²) in [7, 11) is 0. The van der Waals surface area contributed by atoms with Crippen LogP contribution in [0.3, 0.4) is 0 Å². The summed E-state index contributed by atoms with van der Waals surface area (Å²) < 4.78 is 0. The lowest BCUT2D eigenvalue weighted by atomic mass is 9.89. The molecule has 0 spiro atoms. The third-order valence-electron chi connectivity index (χ3n) is 6.78. The van der Waals surface area contributed by atoms with E-state index in [1.807, 2.05) is 0 Å². The molecule has 0 saturated carbocycles. The first-order chi connectivity index (χ1) is 14.6. The second-order valence-electron chi connectivity index (χ2n) is 8.96. The van der Waals surface area contributed by atoms with Crippen LogP contribution < -0.4 is 5.56 Å². The Hall–Kier alpha value is -2.02. The molecule has 1 aliphatic heterocycles. The number of nitrogens with zero attached hydrogens (tertiary/aromatic N) is 3. The number of nitrogens with one attached hydrogen (secondary N) is 1. The van der Waals surface area contributed by atoms with E-state index in [9.17, 15) is 4.79 Å². The molecule has 158 valence electrons. The second kappa shape index (κ2) is 8.25. The lowest BCUT2D eigenvalue weighted by Crippen LogP contribution is -2.47. The summed E-state index contributed by atoms with van der Waals surface area (Å²) in [6.07, 6.45) is 3.27. The predicted molar refractivity (Wildman–Crippen MR) is 123 cm³/mol. The van der Waals surface area contributed by atoms with Gasteiger partial charge in [-0.2, -0.15) is 0 Å². The van der Waals surface area contributed by atoms with Gasteiger partial charge in [-0.15, -0.1) is 11.3 Å². The van der Waals surface area contributed by atoms with Gasteiger partial charge < -0.3 is 4.98 Å². The number of benzene rings is 1. The monoisotopic (exact) mass is 422 g/mol. The second-order valence-corrected chi connectivity index (χ2v) is 10.0. The van der Waals surface area contributed by atoms with E-state index in [2.05, 4.69) is 59.0 Å². The molecule has 0 radical (unpaired) electrons. The third kappa shape index (κ3) is 3.84. The van der Waals surface area contributed by atoms with Gasteiger partial charge in [0.1, 0.15) is 10.7 Å². The molecule has 0 amide bonds. The highest BCUT2D eigenvalue weighted by atomic mass is 32.1. The minimum Gasteiger partial charge on any atom is -0.309 e. The predicted octanol–water partition coefficient (Wildman–Crippen LogP) is 3.99. The van der Waals surface area contributed by atoms with Crippen molar-refractivity contribution >= 4 is 21.6 Å². The van der Waals surface area contributed by atoms with Gasteiger partial charge in [0.2, 0.25) is 0 Å². The first kappa shape index (κ1) is 19.9. The van der Waals surface area contributed by atoms with E-state index in [0.29, 0.717) is 5.92 Å². The molecule has 1 fully saturated rings. The molecule has 2 atom stereocenters. The van der Waals surface area contributed by atoms with E-state index in [-0.39, 0.29) is 11.6 Å². The van der Waals surface area contributed by atoms with Crippen LogP contribution in [-0.2, 0) is 19.4 Å². The zero-order valence-electron chi connectivity index (χ0n) is 17.9. The molecule has 2 aromatic heterocycles. The average Bonchev–Trinajstić information content (AvgIpc) is 3.12. The fraction of sp³-hybridized carbons (Fsp3) is 0.500. The van der Waals surface area contributed by atoms with Crippen molar-refractivity contribution in [1.29, 1.82) is 0 Å². The van der Waals surface area contributed by atoms with Crippen LogP contribution in [0.5, 0.6) is 0 Å². The van der Waals surface area contributed by atoms with Crippen LogP contribution in [0.2, 0.25) is 0 Å². The quantitative estimate of drug-likeness (QED) is 0.691. The lowest BCUT2D eigenvalue weighted by Gasteiger charge is -2.37. The molecular formula is C24H30N4OS. The summed E-state index contributed by atoms with van der Waals surface area (Å²) in [5, 5.41) is 0.852. The Labute approximate surface area is 181 Å². The zero-order valence-corrected chi connectivity index (χ0v) is 18.7.